The molecule has 2 rings (SSSR count). The molecule has 0 radical (unpaired) electrons. The second kappa shape index (κ2) is 8.44. The largest absolute Gasteiger partial charge is 0.465 e. The van der Waals surface area contributed by atoms with E-state index in [-0.39, 0.29) is 36.1 Å². The zero-order chi connectivity index (χ0) is 19.5. The van der Waals surface area contributed by atoms with Crippen molar-refractivity contribution in [3.8, 4) is 0 Å². The third kappa shape index (κ3) is 6.39. The Hall–Kier alpha value is -0.860. The average Bonchev–Trinajstić information content (AvgIpc) is 2.52. The van der Waals surface area contributed by atoms with Crippen molar-refractivity contribution >= 4 is 16.2 Å². The Labute approximate surface area is 157 Å². The molecule has 1 aliphatic carbocycles. The molecule has 2 unspecified atom stereocenters. The lowest BCUT2D eigenvalue weighted by Crippen LogP contribution is -2.51. The molecule has 26 heavy (non-hydrogen) atoms. The Bertz CT molecular complexity index is 577. The van der Waals surface area contributed by atoms with Crippen LogP contribution in [0, 0.1) is 17.3 Å². The maximum Gasteiger partial charge on any atom is 0.407 e. The van der Waals surface area contributed by atoms with Gasteiger partial charge in [0.25, 0.3) is 10.1 Å². The van der Waals surface area contributed by atoms with E-state index in [2.05, 4.69) is 20.8 Å². The van der Waals surface area contributed by atoms with Crippen LogP contribution in [0.2, 0.25) is 0 Å². The van der Waals surface area contributed by atoms with Crippen LogP contribution in [0.5, 0.6) is 0 Å². The summed E-state index contributed by atoms with van der Waals surface area (Å²) in [4.78, 5) is 12.8. The van der Waals surface area contributed by atoms with Gasteiger partial charge in [-0.1, -0.05) is 20.8 Å². The Balaban J connectivity index is 1.87. The summed E-state index contributed by atoms with van der Waals surface area (Å²) in [6, 6.07) is 0. The number of piperidine rings is 1. The van der Waals surface area contributed by atoms with Gasteiger partial charge in [0.05, 0.1) is 25.1 Å². The number of ether oxygens (including phenoxy) is 1. The zero-order valence-corrected chi connectivity index (χ0v) is 17.1. The molecule has 0 aromatic heterocycles. The van der Waals surface area contributed by atoms with Crippen LogP contribution < -0.4 is 0 Å². The molecule has 8 heteroatoms. The van der Waals surface area contributed by atoms with Crippen LogP contribution in [-0.2, 0) is 19.0 Å². The number of hydrogen-bond donors (Lipinski definition) is 1. The smallest absolute Gasteiger partial charge is 0.407 e. The molecule has 0 bridgehead atoms. The molecule has 7 nitrogen and oxygen atoms in total. The van der Waals surface area contributed by atoms with E-state index in [0.717, 1.165) is 38.4 Å². The molecule has 1 heterocycles. The molecule has 1 aliphatic heterocycles. The highest BCUT2D eigenvalue weighted by atomic mass is 32.2. The molecular weight excluding hydrogens is 358 g/mol. The predicted molar refractivity (Wildman–Crippen MR) is 98.6 cm³/mol. The van der Waals surface area contributed by atoms with Gasteiger partial charge in [0.15, 0.2) is 0 Å². The van der Waals surface area contributed by atoms with Crippen molar-refractivity contribution in [3.05, 3.63) is 0 Å². The van der Waals surface area contributed by atoms with E-state index in [4.69, 9.17) is 8.92 Å². The SMILES string of the molecule is CC(C)(C)C1CN(C(=O)O)CCC1OC1CCC(COS(C)(=O)=O)CC1. The molecule has 0 spiro atoms. The fraction of sp³-hybridized carbons (Fsp3) is 0.944. The van der Waals surface area contributed by atoms with Gasteiger partial charge < -0.3 is 14.7 Å². The molecule has 2 atom stereocenters. The lowest BCUT2D eigenvalue weighted by molar-refractivity contribution is -0.110. The monoisotopic (exact) mass is 391 g/mol. The number of nitrogens with zero attached hydrogens (tertiary/aromatic N) is 1. The van der Waals surface area contributed by atoms with E-state index >= 15 is 0 Å². The third-order valence-electron chi connectivity index (χ3n) is 5.61. The topological polar surface area (TPSA) is 93.1 Å². The highest BCUT2D eigenvalue weighted by Crippen LogP contribution is 2.37. The fourth-order valence-electron chi connectivity index (χ4n) is 4.00. The normalized spacial score (nSPS) is 31.0. The first kappa shape index (κ1) is 21.4. The number of carboxylic acid groups (broad SMARTS) is 1. The van der Waals surface area contributed by atoms with E-state index in [1.807, 2.05) is 0 Å². The summed E-state index contributed by atoms with van der Waals surface area (Å²) in [6.45, 7) is 7.70. The van der Waals surface area contributed by atoms with Gasteiger partial charge >= 0.3 is 6.09 Å². The van der Waals surface area contributed by atoms with Crippen molar-refractivity contribution in [2.24, 2.45) is 17.3 Å². The van der Waals surface area contributed by atoms with Crippen LogP contribution in [0.4, 0.5) is 4.79 Å². The minimum absolute atomic E-state index is 0.0285. The maximum absolute atomic E-state index is 11.3. The van der Waals surface area contributed by atoms with Gasteiger partial charge in [-0.05, 0) is 43.4 Å². The van der Waals surface area contributed by atoms with Crippen molar-refractivity contribution in [2.45, 2.75) is 65.1 Å². The minimum Gasteiger partial charge on any atom is -0.465 e. The van der Waals surface area contributed by atoms with Gasteiger partial charge in [-0.25, -0.2) is 4.79 Å². The van der Waals surface area contributed by atoms with Crippen molar-refractivity contribution in [3.63, 3.8) is 0 Å². The summed E-state index contributed by atoms with van der Waals surface area (Å²) in [5, 5.41) is 9.30. The molecule has 1 N–H and O–H groups in total. The number of hydrogen-bond acceptors (Lipinski definition) is 5. The molecule has 1 saturated carbocycles. The van der Waals surface area contributed by atoms with E-state index in [1.165, 1.54) is 4.90 Å². The lowest BCUT2D eigenvalue weighted by Gasteiger charge is -2.45. The Kier molecular flexibility index (Phi) is 6.96. The van der Waals surface area contributed by atoms with Gasteiger partial charge in [0, 0.05) is 19.0 Å². The van der Waals surface area contributed by atoms with Crippen LogP contribution in [0.1, 0.15) is 52.9 Å². The average molecular weight is 392 g/mol. The number of carbonyl (C=O) groups is 1. The summed E-state index contributed by atoms with van der Waals surface area (Å²) in [7, 11) is -3.38. The van der Waals surface area contributed by atoms with Gasteiger partial charge in [-0.3, -0.25) is 4.18 Å². The molecule has 2 fully saturated rings. The summed E-state index contributed by atoms with van der Waals surface area (Å²) in [5.41, 5.74) is -0.0285. The predicted octanol–water partition coefficient (Wildman–Crippen LogP) is 2.95. The molecule has 1 amide bonds. The first-order valence-electron chi connectivity index (χ1n) is 9.43. The Morgan fingerprint density at radius 3 is 2.27 bits per heavy atom. The van der Waals surface area contributed by atoms with Crippen LogP contribution in [0.3, 0.4) is 0 Å². The number of likely N-dealkylation sites (tertiary alicyclic amines) is 1. The van der Waals surface area contributed by atoms with Crippen LogP contribution >= 0.6 is 0 Å². The Morgan fingerprint density at radius 2 is 1.77 bits per heavy atom. The Morgan fingerprint density at radius 1 is 1.15 bits per heavy atom. The van der Waals surface area contributed by atoms with Crippen molar-refractivity contribution in [2.75, 3.05) is 26.0 Å². The molecule has 152 valence electrons. The van der Waals surface area contributed by atoms with Gasteiger partial charge in [0.1, 0.15) is 0 Å². The van der Waals surface area contributed by atoms with Crippen LogP contribution in [0.25, 0.3) is 0 Å². The van der Waals surface area contributed by atoms with Crippen molar-refractivity contribution < 1.29 is 27.2 Å². The second-order valence-corrected chi connectivity index (χ2v) is 10.4. The lowest BCUT2D eigenvalue weighted by atomic mass is 9.74. The van der Waals surface area contributed by atoms with Crippen molar-refractivity contribution in [1.29, 1.82) is 0 Å². The van der Waals surface area contributed by atoms with E-state index in [1.54, 1.807) is 0 Å². The van der Waals surface area contributed by atoms with Gasteiger partial charge in [-0.15, -0.1) is 0 Å². The van der Waals surface area contributed by atoms with Crippen LogP contribution in [0.15, 0.2) is 0 Å². The molecular formula is C18H33NO6S. The standard InChI is InChI=1S/C18H33NO6S/c1-18(2,3)15-11-19(17(20)21)10-9-16(15)25-14-7-5-13(6-8-14)12-24-26(4,22)23/h13-16H,5-12H2,1-4H3,(H,20,21). The molecule has 2 aliphatic rings. The third-order valence-corrected chi connectivity index (χ3v) is 6.18. The molecule has 1 saturated heterocycles. The fourth-order valence-corrected chi connectivity index (χ4v) is 4.44. The quantitative estimate of drug-likeness (QED) is 0.724. The minimum atomic E-state index is -3.38. The summed E-state index contributed by atoms with van der Waals surface area (Å²) in [5.74, 6) is 0.426. The number of rotatable bonds is 5. The number of amides is 1. The molecule has 0 aromatic rings. The highest BCUT2D eigenvalue weighted by Gasteiger charge is 2.40. The summed E-state index contributed by atoms with van der Waals surface area (Å²) < 4.78 is 33.6. The van der Waals surface area contributed by atoms with E-state index in [9.17, 15) is 18.3 Å². The first-order chi connectivity index (χ1) is 12.0. The zero-order valence-electron chi connectivity index (χ0n) is 16.3. The van der Waals surface area contributed by atoms with Gasteiger partial charge in [0.2, 0.25) is 0 Å². The second-order valence-electron chi connectivity index (χ2n) is 8.80. The summed E-state index contributed by atoms with van der Waals surface area (Å²) >= 11 is 0. The van der Waals surface area contributed by atoms with E-state index < -0.39 is 16.2 Å². The van der Waals surface area contributed by atoms with Crippen molar-refractivity contribution in [1.82, 2.24) is 4.90 Å². The highest BCUT2D eigenvalue weighted by molar-refractivity contribution is 7.85. The van der Waals surface area contributed by atoms with Gasteiger partial charge in [-0.2, -0.15) is 8.42 Å². The maximum atomic E-state index is 11.3. The molecule has 0 aromatic carbocycles. The van der Waals surface area contributed by atoms with Crippen LogP contribution in [-0.4, -0.2) is 62.7 Å². The first-order valence-corrected chi connectivity index (χ1v) is 11.2. The summed E-state index contributed by atoms with van der Waals surface area (Å²) in [6.07, 6.45) is 4.77. The van der Waals surface area contributed by atoms with E-state index in [0.29, 0.717) is 13.1 Å².